The highest BCUT2D eigenvalue weighted by atomic mass is 14.9. The summed E-state index contributed by atoms with van der Waals surface area (Å²) in [5.74, 6) is 1.17. The van der Waals surface area contributed by atoms with Crippen molar-refractivity contribution in [2.24, 2.45) is 0 Å². The molecule has 0 amide bonds. The molecular weight excluding hydrogens is 160 g/mol. The zero-order valence-corrected chi connectivity index (χ0v) is 7.67. The molecule has 0 fully saturated rings. The molecule has 1 aromatic heterocycles. The summed E-state index contributed by atoms with van der Waals surface area (Å²) < 4.78 is 0. The molecule has 0 saturated heterocycles. The van der Waals surface area contributed by atoms with Crippen LogP contribution in [0.15, 0.2) is 36.5 Å². The minimum Gasteiger partial charge on any atom is -0.247 e. The second kappa shape index (κ2) is 3.44. The number of imidazole rings is 1. The Morgan fingerprint density at radius 3 is 2.62 bits per heavy atom. The maximum atomic E-state index is 3.32. The van der Waals surface area contributed by atoms with Crippen LogP contribution in [0.25, 0.3) is 11.3 Å². The number of aromatic nitrogens is 2. The number of benzene rings is 1. The molecule has 0 aliphatic rings. The summed E-state index contributed by atoms with van der Waals surface area (Å²) in [4.78, 5) is 6.52. The fourth-order valence-corrected chi connectivity index (χ4v) is 1.36. The summed E-state index contributed by atoms with van der Waals surface area (Å²) in [6, 6.07) is 10.3. The molecule has 66 valence electrons. The Labute approximate surface area is 77.6 Å². The molecule has 1 aromatic carbocycles. The zero-order valence-electron chi connectivity index (χ0n) is 7.67. The van der Waals surface area contributed by atoms with Crippen LogP contribution in [0.2, 0.25) is 0 Å². The number of aryl methyl sites for hydroxylation is 1. The van der Waals surface area contributed by atoms with Crippen LogP contribution in [0.3, 0.4) is 0 Å². The van der Waals surface area contributed by atoms with Crippen molar-refractivity contribution in [1.29, 1.82) is 0 Å². The summed E-state index contributed by atoms with van der Waals surface area (Å²) in [6.07, 6.45) is 3.01. The summed E-state index contributed by atoms with van der Waals surface area (Å²) in [5, 5.41) is 0. The first-order chi connectivity index (χ1) is 6.40. The van der Waals surface area contributed by atoms with E-state index < -0.39 is 0 Å². The van der Waals surface area contributed by atoms with Gasteiger partial charge in [-0.2, -0.15) is 0 Å². The molecule has 0 spiro atoms. The Bertz CT molecular complexity index is 376. The smallest absolute Gasteiger partial charge is 0.247 e. The van der Waals surface area contributed by atoms with Gasteiger partial charge in [0.05, 0.1) is 0 Å². The van der Waals surface area contributed by atoms with Crippen molar-refractivity contribution in [2.45, 2.75) is 13.3 Å². The van der Waals surface area contributed by atoms with E-state index in [0.29, 0.717) is 0 Å². The van der Waals surface area contributed by atoms with Gasteiger partial charge in [-0.15, -0.1) is 0 Å². The van der Waals surface area contributed by atoms with Gasteiger partial charge in [0, 0.05) is 12.0 Å². The fraction of sp³-hybridized carbons (Fsp3) is 0.182. The number of nitrogens with one attached hydrogen (secondary N) is 2. The molecule has 13 heavy (non-hydrogen) atoms. The maximum absolute atomic E-state index is 3.32. The first kappa shape index (κ1) is 8.05. The summed E-state index contributed by atoms with van der Waals surface area (Å²) in [5.41, 5.74) is 2.37. The van der Waals surface area contributed by atoms with E-state index in [1.807, 2.05) is 24.4 Å². The average Bonchev–Trinajstić information content (AvgIpc) is 2.67. The molecule has 0 bridgehead atoms. The van der Waals surface area contributed by atoms with Crippen LogP contribution in [-0.2, 0) is 6.42 Å². The molecule has 0 aliphatic heterocycles. The van der Waals surface area contributed by atoms with Gasteiger partial charge < -0.3 is 0 Å². The topological polar surface area (TPSA) is 29.9 Å². The van der Waals surface area contributed by atoms with Crippen LogP contribution in [0.5, 0.6) is 0 Å². The number of hydrogen-bond acceptors (Lipinski definition) is 0. The largest absolute Gasteiger partial charge is 0.252 e. The van der Waals surface area contributed by atoms with E-state index in [0.717, 1.165) is 12.1 Å². The normalized spacial score (nSPS) is 10.2. The predicted octanol–water partition coefficient (Wildman–Crippen LogP) is 2.06. The first-order valence-corrected chi connectivity index (χ1v) is 4.55. The fourth-order valence-electron chi connectivity index (χ4n) is 1.36. The molecular formula is C11H13N2+. The molecule has 2 aromatic rings. The van der Waals surface area contributed by atoms with Crippen molar-refractivity contribution < 1.29 is 4.98 Å². The quantitative estimate of drug-likeness (QED) is 0.720. The first-order valence-electron chi connectivity index (χ1n) is 4.55. The third-order valence-electron chi connectivity index (χ3n) is 2.11. The monoisotopic (exact) mass is 173 g/mol. The van der Waals surface area contributed by atoms with Crippen LogP contribution >= 0.6 is 0 Å². The van der Waals surface area contributed by atoms with Crippen molar-refractivity contribution in [2.75, 3.05) is 0 Å². The number of aromatic amines is 2. The van der Waals surface area contributed by atoms with Gasteiger partial charge in [-0.25, -0.2) is 9.97 Å². The summed E-state index contributed by atoms with van der Waals surface area (Å²) >= 11 is 0. The molecule has 2 heteroatoms. The highest BCUT2D eigenvalue weighted by Gasteiger charge is 2.06. The number of rotatable bonds is 2. The second-order valence-electron chi connectivity index (χ2n) is 3.03. The van der Waals surface area contributed by atoms with Gasteiger partial charge in [0.15, 0.2) is 5.69 Å². The Morgan fingerprint density at radius 1 is 1.23 bits per heavy atom. The molecule has 0 saturated carbocycles. The van der Waals surface area contributed by atoms with Crippen molar-refractivity contribution >= 4 is 0 Å². The van der Waals surface area contributed by atoms with E-state index in [4.69, 9.17) is 0 Å². The summed E-state index contributed by atoms with van der Waals surface area (Å²) in [6.45, 7) is 2.12. The lowest BCUT2D eigenvalue weighted by molar-refractivity contribution is -0.387. The van der Waals surface area contributed by atoms with E-state index in [1.165, 1.54) is 11.4 Å². The van der Waals surface area contributed by atoms with Gasteiger partial charge in [0.1, 0.15) is 6.20 Å². The molecule has 2 rings (SSSR count). The van der Waals surface area contributed by atoms with Crippen molar-refractivity contribution in [3.05, 3.63) is 42.4 Å². The predicted molar refractivity (Wildman–Crippen MR) is 52.2 cm³/mol. The van der Waals surface area contributed by atoms with Crippen LogP contribution < -0.4 is 4.98 Å². The Hall–Kier alpha value is -1.57. The molecule has 0 radical (unpaired) electrons. The highest BCUT2D eigenvalue weighted by molar-refractivity contribution is 5.56. The third kappa shape index (κ3) is 1.61. The Morgan fingerprint density at radius 2 is 2.00 bits per heavy atom. The highest BCUT2D eigenvalue weighted by Crippen LogP contribution is 2.14. The third-order valence-corrected chi connectivity index (χ3v) is 2.11. The van der Waals surface area contributed by atoms with E-state index in [2.05, 4.69) is 29.0 Å². The lowest BCUT2D eigenvalue weighted by atomic mass is 10.2. The van der Waals surface area contributed by atoms with Crippen molar-refractivity contribution in [3.8, 4) is 11.3 Å². The molecule has 0 atom stereocenters. The molecule has 0 aliphatic carbocycles. The van der Waals surface area contributed by atoms with Gasteiger partial charge in [0.2, 0.25) is 0 Å². The zero-order chi connectivity index (χ0) is 9.10. The lowest BCUT2D eigenvalue weighted by Crippen LogP contribution is -2.02. The minimum absolute atomic E-state index is 1.01. The van der Waals surface area contributed by atoms with E-state index in [9.17, 15) is 0 Å². The van der Waals surface area contributed by atoms with E-state index in [1.54, 1.807) is 0 Å². The number of H-pyrrole nitrogens is 2. The van der Waals surface area contributed by atoms with Crippen molar-refractivity contribution in [3.63, 3.8) is 0 Å². The van der Waals surface area contributed by atoms with Gasteiger partial charge in [-0.3, -0.25) is 0 Å². The van der Waals surface area contributed by atoms with Crippen LogP contribution in [-0.4, -0.2) is 4.98 Å². The second-order valence-corrected chi connectivity index (χ2v) is 3.03. The molecule has 2 nitrogen and oxygen atoms in total. The maximum Gasteiger partial charge on any atom is 0.252 e. The van der Waals surface area contributed by atoms with Crippen LogP contribution in [0.4, 0.5) is 0 Å². The minimum atomic E-state index is 1.01. The molecule has 0 unspecified atom stereocenters. The van der Waals surface area contributed by atoms with E-state index >= 15 is 0 Å². The van der Waals surface area contributed by atoms with Crippen LogP contribution in [0.1, 0.15) is 12.7 Å². The summed E-state index contributed by atoms with van der Waals surface area (Å²) in [7, 11) is 0. The lowest BCUT2D eigenvalue weighted by Gasteiger charge is -1.89. The van der Waals surface area contributed by atoms with Gasteiger partial charge in [-0.1, -0.05) is 37.3 Å². The SMILES string of the molecule is CCc1[nH]c(-c2ccccc2)c[nH+]1. The van der Waals surface area contributed by atoms with Crippen molar-refractivity contribution in [1.82, 2.24) is 4.98 Å². The van der Waals surface area contributed by atoms with Crippen LogP contribution in [0, 0.1) is 0 Å². The van der Waals surface area contributed by atoms with E-state index in [-0.39, 0.29) is 0 Å². The average molecular weight is 173 g/mol. The van der Waals surface area contributed by atoms with Gasteiger partial charge >= 0.3 is 0 Å². The Kier molecular flexibility index (Phi) is 2.13. The molecule has 2 N–H and O–H groups in total. The molecule has 1 heterocycles. The van der Waals surface area contributed by atoms with Gasteiger partial charge in [-0.05, 0) is 0 Å². The van der Waals surface area contributed by atoms with Gasteiger partial charge in [0.25, 0.3) is 5.82 Å². The Balaban J connectivity index is 2.36. The number of hydrogen-bond donors (Lipinski definition) is 1. The standard InChI is InChI=1S/C11H12N2/c1-2-11-12-8-10(13-11)9-6-4-3-5-7-9/h3-8H,2H2,1H3,(H,12,13)/p+1.